The van der Waals surface area contributed by atoms with Gasteiger partial charge in [0, 0.05) is 39.1 Å². The third-order valence-corrected chi connectivity index (χ3v) is 8.28. The van der Waals surface area contributed by atoms with Crippen molar-refractivity contribution >= 4 is 5.91 Å². The van der Waals surface area contributed by atoms with Gasteiger partial charge >= 0.3 is 0 Å². The van der Waals surface area contributed by atoms with Crippen LogP contribution in [0.25, 0.3) is 0 Å². The van der Waals surface area contributed by atoms with E-state index >= 15 is 0 Å². The van der Waals surface area contributed by atoms with E-state index < -0.39 is 5.60 Å². The van der Waals surface area contributed by atoms with E-state index in [1.165, 1.54) is 44.2 Å². The van der Waals surface area contributed by atoms with Crippen molar-refractivity contribution in [2.45, 2.75) is 82.7 Å². The average Bonchev–Trinajstić information content (AvgIpc) is 2.87. The van der Waals surface area contributed by atoms with Crippen molar-refractivity contribution in [1.82, 2.24) is 10.2 Å². The first-order valence-electron chi connectivity index (χ1n) is 13.9. The number of aliphatic hydroxyl groups is 1. The Hall–Kier alpha value is -1.50. The molecule has 0 radical (unpaired) electrons. The van der Waals surface area contributed by atoms with Gasteiger partial charge in [0.1, 0.15) is 5.82 Å². The van der Waals surface area contributed by atoms with Crippen LogP contribution in [0.2, 0.25) is 0 Å². The molecule has 1 aromatic carbocycles. The predicted octanol–water partition coefficient (Wildman–Crippen LogP) is 5.26. The fourth-order valence-corrected chi connectivity index (χ4v) is 6.37. The smallest absolute Gasteiger partial charge is 0.222 e. The van der Waals surface area contributed by atoms with E-state index in [1.807, 2.05) is 18.0 Å². The topological polar surface area (TPSA) is 61.8 Å². The molecule has 1 aromatic rings. The molecule has 35 heavy (non-hydrogen) atoms. The SMILES string of the molecule is CNC[C@@H](CC(=O)N1CCC[C@@H]([C@@](O)(CCCCOC)c2cccc(F)c2)C1)CC1CCCCC1. The van der Waals surface area contributed by atoms with Gasteiger partial charge in [-0.1, -0.05) is 44.2 Å². The highest BCUT2D eigenvalue weighted by Crippen LogP contribution is 2.40. The van der Waals surface area contributed by atoms with Gasteiger partial charge in [0.25, 0.3) is 0 Å². The van der Waals surface area contributed by atoms with E-state index in [-0.39, 0.29) is 17.6 Å². The van der Waals surface area contributed by atoms with Crippen molar-refractivity contribution in [3.63, 3.8) is 0 Å². The van der Waals surface area contributed by atoms with Crippen LogP contribution in [0, 0.1) is 23.6 Å². The zero-order valence-electron chi connectivity index (χ0n) is 21.9. The number of nitrogens with one attached hydrogen (secondary N) is 1. The standard InChI is InChI=1S/C29H47FN2O3/c1-31-21-24(18-23-10-4-3-5-11-23)19-28(33)32-16-9-13-26(22-32)29(34,15-6-7-17-35-2)25-12-8-14-27(30)20-25/h8,12,14,20,23-24,26,31,34H,3-7,9-11,13,15-19,21-22H2,1-2H3/t24-,26-,29-/m1/s1. The van der Waals surface area contributed by atoms with Gasteiger partial charge < -0.3 is 20.1 Å². The molecule has 0 spiro atoms. The van der Waals surface area contributed by atoms with Gasteiger partial charge in [0.15, 0.2) is 0 Å². The zero-order chi connectivity index (χ0) is 25.1. The molecule has 0 aromatic heterocycles. The minimum Gasteiger partial charge on any atom is -0.385 e. The van der Waals surface area contributed by atoms with Gasteiger partial charge in [-0.2, -0.15) is 0 Å². The highest BCUT2D eigenvalue weighted by atomic mass is 19.1. The molecule has 2 N–H and O–H groups in total. The monoisotopic (exact) mass is 490 g/mol. The van der Waals surface area contributed by atoms with Crippen molar-refractivity contribution in [1.29, 1.82) is 0 Å². The predicted molar refractivity (Wildman–Crippen MR) is 139 cm³/mol. The Labute approximate surface area is 211 Å². The molecule has 1 saturated heterocycles. The quantitative estimate of drug-likeness (QED) is 0.370. The number of benzene rings is 1. The normalized spacial score (nSPS) is 22.1. The van der Waals surface area contributed by atoms with Crippen LogP contribution in [-0.4, -0.2) is 56.3 Å². The van der Waals surface area contributed by atoms with Gasteiger partial charge in [-0.25, -0.2) is 4.39 Å². The van der Waals surface area contributed by atoms with Crippen molar-refractivity contribution in [2.75, 3.05) is 40.4 Å². The van der Waals surface area contributed by atoms with E-state index in [4.69, 9.17) is 4.74 Å². The van der Waals surface area contributed by atoms with E-state index in [0.29, 0.717) is 37.5 Å². The fraction of sp³-hybridized carbons (Fsp3) is 0.759. The summed E-state index contributed by atoms with van der Waals surface area (Å²) in [6, 6.07) is 6.38. The molecule has 198 valence electrons. The lowest BCUT2D eigenvalue weighted by Crippen LogP contribution is -2.48. The summed E-state index contributed by atoms with van der Waals surface area (Å²) < 4.78 is 19.3. The zero-order valence-corrected chi connectivity index (χ0v) is 21.9. The summed E-state index contributed by atoms with van der Waals surface area (Å²) in [5.74, 6) is 0.859. The van der Waals surface area contributed by atoms with Gasteiger partial charge in [0.2, 0.25) is 5.91 Å². The summed E-state index contributed by atoms with van der Waals surface area (Å²) in [5.41, 5.74) is -0.527. The number of methoxy groups -OCH3 is 1. The summed E-state index contributed by atoms with van der Waals surface area (Å²) in [5, 5.41) is 15.3. The van der Waals surface area contributed by atoms with Crippen molar-refractivity contribution in [2.24, 2.45) is 17.8 Å². The summed E-state index contributed by atoms with van der Waals surface area (Å²) in [4.78, 5) is 15.4. The molecule has 0 bridgehead atoms. The molecule has 5 nitrogen and oxygen atoms in total. The van der Waals surface area contributed by atoms with Crippen LogP contribution in [0.1, 0.15) is 82.6 Å². The van der Waals surface area contributed by atoms with Gasteiger partial charge in [0.05, 0.1) is 5.60 Å². The van der Waals surface area contributed by atoms with Crippen molar-refractivity contribution in [3.8, 4) is 0 Å². The molecule has 1 heterocycles. The van der Waals surface area contributed by atoms with Crippen LogP contribution in [0.4, 0.5) is 4.39 Å². The highest BCUT2D eigenvalue weighted by Gasteiger charge is 2.41. The second kappa shape index (κ2) is 14.3. The van der Waals surface area contributed by atoms with Gasteiger partial charge in [-0.15, -0.1) is 0 Å². The first-order valence-corrected chi connectivity index (χ1v) is 13.9. The Morgan fingerprint density at radius 2 is 2.03 bits per heavy atom. The molecule has 6 heteroatoms. The molecule has 0 unspecified atom stereocenters. The number of ether oxygens (including phenoxy) is 1. The highest BCUT2D eigenvalue weighted by molar-refractivity contribution is 5.76. The summed E-state index contributed by atoms with van der Waals surface area (Å²) in [6.07, 6.45) is 12.1. The largest absolute Gasteiger partial charge is 0.385 e. The van der Waals surface area contributed by atoms with E-state index in [2.05, 4.69) is 5.32 Å². The number of unbranched alkanes of at least 4 members (excludes halogenated alkanes) is 1. The van der Waals surface area contributed by atoms with Crippen LogP contribution in [-0.2, 0) is 15.1 Å². The maximum absolute atomic E-state index is 14.1. The summed E-state index contributed by atoms with van der Waals surface area (Å²) in [7, 11) is 3.65. The molecule has 1 aliphatic heterocycles. The number of likely N-dealkylation sites (tertiary alicyclic amines) is 1. The number of amides is 1. The maximum Gasteiger partial charge on any atom is 0.222 e. The van der Waals surface area contributed by atoms with Crippen molar-refractivity contribution < 1.29 is 19.0 Å². The average molecular weight is 491 g/mol. The molecule has 1 amide bonds. The first kappa shape index (κ1) is 28.1. The molecular formula is C29H47FN2O3. The van der Waals surface area contributed by atoms with E-state index in [9.17, 15) is 14.3 Å². The lowest BCUT2D eigenvalue weighted by atomic mass is 9.74. The number of carbonyl (C=O) groups is 1. The molecule has 3 atom stereocenters. The van der Waals surface area contributed by atoms with Crippen LogP contribution < -0.4 is 5.32 Å². The number of piperidine rings is 1. The van der Waals surface area contributed by atoms with Gasteiger partial charge in [-0.05, 0) is 81.6 Å². The van der Waals surface area contributed by atoms with E-state index in [1.54, 1.807) is 13.2 Å². The Morgan fingerprint density at radius 3 is 2.74 bits per heavy atom. The molecular weight excluding hydrogens is 443 g/mol. The minimum atomic E-state index is -1.15. The number of hydrogen-bond acceptors (Lipinski definition) is 4. The number of nitrogens with zero attached hydrogens (tertiary/aromatic N) is 1. The number of hydrogen-bond donors (Lipinski definition) is 2. The fourth-order valence-electron chi connectivity index (χ4n) is 6.37. The van der Waals surface area contributed by atoms with Crippen LogP contribution >= 0.6 is 0 Å². The van der Waals surface area contributed by atoms with Crippen molar-refractivity contribution in [3.05, 3.63) is 35.6 Å². The molecule has 3 rings (SSSR count). The van der Waals surface area contributed by atoms with Crippen LogP contribution in [0.3, 0.4) is 0 Å². The molecule has 2 aliphatic rings. The third kappa shape index (κ3) is 8.26. The second-order valence-corrected chi connectivity index (χ2v) is 10.9. The minimum absolute atomic E-state index is 0.106. The lowest BCUT2D eigenvalue weighted by molar-refractivity contribution is -0.138. The molecule has 1 aliphatic carbocycles. The Bertz CT molecular complexity index is 770. The first-order chi connectivity index (χ1) is 17.0. The Balaban J connectivity index is 1.67. The molecule has 2 fully saturated rings. The summed E-state index contributed by atoms with van der Waals surface area (Å²) in [6.45, 7) is 2.79. The Morgan fingerprint density at radius 1 is 1.23 bits per heavy atom. The Kier molecular flexibility index (Phi) is 11.5. The summed E-state index contributed by atoms with van der Waals surface area (Å²) >= 11 is 0. The second-order valence-electron chi connectivity index (χ2n) is 10.9. The third-order valence-electron chi connectivity index (χ3n) is 8.28. The van der Waals surface area contributed by atoms with E-state index in [0.717, 1.165) is 51.1 Å². The van der Waals surface area contributed by atoms with Crippen LogP contribution in [0.5, 0.6) is 0 Å². The maximum atomic E-state index is 14.1. The number of carbonyl (C=O) groups excluding carboxylic acids is 1. The number of halogens is 1. The van der Waals surface area contributed by atoms with Crippen LogP contribution in [0.15, 0.2) is 24.3 Å². The number of rotatable bonds is 13. The lowest BCUT2D eigenvalue weighted by Gasteiger charge is -2.43. The molecule has 1 saturated carbocycles. The van der Waals surface area contributed by atoms with Gasteiger partial charge in [-0.3, -0.25) is 4.79 Å².